The second-order valence-electron chi connectivity index (χ2n) is 6.88. The van der Waals surface area contributed by atoms with E-state index in [4.69, 9.17) is 0 Å². The average molecular weight is 350 g/mol. The van der Waals surface area contributed by atoms with Gasteiger partial charge in [0, 0.05) is 50.3 Å². The molecule has 26 heavy (non-hydrogen) atoms. The molecule has 4 nitrogen and oxygen atoms in total. The van der Waals surface area contributed by atoms with Crippen LogP contribution in [0, 0.1) is 13.8 Å². The molecular weight excluding hydrogens is 324 g/mol. The zero-order valence-electron chi connectivity index (χ0n) is 15.6. The molecule has 1 fully saturated rings. The summed E-state index contributed by atoms with van der Waals surface area (Å²) in [6.45, 7) is 7.38. The molecule has 0 aromatic heterocycles. The van der Waals surface area contributed by atoms with Gasteiger partial charge < -0.3 is 9.80 Å². The normalized spacial score (nSPS) is 14.4. The van der Waals surface area contributed by atoms with Gasteiger partial charge in [-0.05, 0) is 31.0 Å². The van der Waals surface area contributed by atoms with Gasteiger partial charge in [-0.3, -0.25) is 9.59 Å². The Kier molecular flexibility index (Phi) is 5.71. The largest absolute Gasteiger partial charge is 0.368 e. The van der Waals surface area contributed by atoms with Gasteiger partial charge in [-0.1, -0.05) is 42.5 Å². The Morgan fingerprint density at radius 1 is 0.846 bits per heavy atom. The predicted octanol–water partition coefficient (Wildman–Crippen LogP) is 3.62. The lowest BCUT2D eigenvalue weighted by atomic mass is 10.1. The van der Waals surface area contributed by atoms with Crippen molar-refractivity contribution in [1.82, 2.24) is 4.90 Å². The molecule has 0 bridgehead atoms. The van der Waals surface area contributed by atoms with Gasteiger partial charge in [0.05, 0.1) is 0 Å². The maximum absolute atomic E-state index is 12.5. The smallest absolute Gasteiger partial charge is 0.223 e. The fourth-order valence-corrected chi connectivity index (χ4v) is 3.42. The van der Waals surface area contributed by atoms with Crippen molar-refractivity contribution in [3.63, 3.8) is 0 Å². The average Bonchev–Trinajstić information content (AvgIpc) is 2.69. The Morgan fingerprint density at radius 2 is 1.54 bits per heavy atom. The Bertz CT molecular complexity index is 778. The summed E-state index contributed by atoms with van der Waals surface area (Å²) < 4.78 is 0. The van der Waals surface area contributed by atoms with E-state index >= 15 is 0 Å². The molecular formula is C22H26N2O2. The van der Waals surface area contributed by atoms with Gasteiger partial charge in [0.2, 0.25) is 5.91 Å². The van der Waals surface area contributed by atoms with Crippen LogP contribution < -0.4 is 4.90 Å². The number of carbonyl (C=O) groups excluding carboxylic acids is 2. The van der Waals surface area contributed by atoms with Crippen molar-refractivity contribution < 1.29 is 9.59 Å². The van der Waals surface area contributed by atoms with Crippen molar-refractivity contribution in [3.8, 4) is 0 Å². The first-order valence-corrected chi connectivity index (χ1v) is 9.23. The fraction of sp³-hybridized carbons (Fsp3) is 0.364. The number of anilines is 1. The summed E-state index contributed by atoms with van der Waals surface area (Å²) in [5, 5.41) is 0. The van der Waals surface area contributed by atoms with E-state index in [0.717, 1.165) is 13.1 Å². The molecule has 0 aliphatic carbocycles. The Balaban J connectivity index is 1.51. The first-order chi connectivity index (χ1) is 12.6. The summed E-state index contributed by atoms with van der Waals surface area (Å²) in [7, 11) is 0. The molecule has 1 aliphatic rings. The summed E-state index contributed by atoms with van der Waals surface area (Å²) in [6.07, 6.45) is 0.567. The number of rotatable bonds is 5. The van der Waals surface area contributed by atoms with Gasteiger partial charge in [0.1, 0.15) is 0 Å². The van der Waals surface area contributed by atoms with Crippen molar-refractivity contribution in [2.45, 2.75) is 26.7 Å². The molecule has 0 atom stereocenters. The highest BCUT2D eigenvalue weighted by Gasteiger charge is 2.22. The van der Waals surface area contributed by atoms with Crippen LogP contribution in [-0.2, 0) is 4.79 Å². The molecule has 1 saturated heterocycles. The number of benzene rings is 2. The lowest BCUT2D eigenvalue weighted by Gasteiger charge is -2.37. The number of nitrogens with zero attached hydrogens (tertiary/aromatic N) is 2. The Morgan fingerprint density at radius 3 is 2.23 bits per heavy atom. The van der Waals surface area contributed by atoms with E-state index in [1.165, 1.54) is 16.8 Å². The zero-order valence-corrected chi connectivity index (χ0v) is 15.6. The van der Waals surface area contributed by atoms with Crippen LogP contribution in [0.5, 0.6) is 0 Å². The molecule has 4 heteroatoms. The number of Topliss-reactive ketones (excluding diaryl/α,β-unsaturated/α-hetero) is 1. The van der Waals surface area contributed by atoms with Crippen LogP contribution in [0.3, 0.4) is 0 Å². The third-order valence-corrected chi connectivity index (χ3v) is 5.21. The van der Waals surface area contributed by atoms with Crippen LogP contribution in [-0.4, -0.2) is 42.8 Å². The topological polar surface area (TPSA) is 40.6 Å². The molecule has 2 aromatic rings. The van der Waals surface area contributed by atoms with Crippen LogP contribution in [0.1, 0.15) is 34.3 Å². The molecule has 3 rings (SSSR count). The number of hydrogen-bond donors (Lipinski definition) is 0. The highest BCUT2D eigenvalue weighted by atomic mass is 16.2. The van der Waals surface area contributed by atoms with E-state index in [0.29, 0.717) is 18.7 Å². The highest BCUT2D eigenvalue weighted by Crippen LogP contribution is 2.24. The van der Waals surface area contributed by atoms with Crippen molar-refractivity contribution in [2.75, 3.05) is 31.1 Å². The Hall–Kier alpha value is -2.62. The number of amides is 1. The minimum Gasteiger partial charge on any atom is -0.368 e. The first kappa shape index (κ1) is 18.2. The number of carbonyl (C=O) groups is 2. The van der Waals surface area contributed by atoms with Crippen LogP contribution in [0.4, 0.5) is 5.69 Å². The van der Waals surface area contributed by atoms with Gasteiger partial charge in [-0.25, -0.2) is 0 Å². The van der Waals surface area contributed by atoms with E-state index in [-0.39, 0.29) is 24.5 Å². The Labute approximate surface area is 155 Å². The predicted molar refractivity (Wildman–Crippen MR) is 105 cm³/mol. The second kappa shape index (κ2) is 8.17. The quantitative estimate of drug-likeness (QED) is 0.774. The van der Waals surface area contributed by atoms with Gasteiger partial charge in [0.15, 0.2) is 5.78 Å². The first-order valence-electron chi connectivity index (χ1n) is 9.23. The van der Waals surface area contributed by atoms with E-state index in [9.17, 15) is 9.59 Å². The minimum atomic E-state index is 0.0352. The van der Waals surface area contributed by atoms with Crippen LogP contribution in [0.25, 0.3) is 0 Å². The van der Waals surface area contributed by atoms with Crippen molar-refractivity contribution in [1.29, 1.82) is 0 Å². The van der Waals surface area contributed by atoms with Gasteiger partial charge in [-0.15, -0.1) is 0 Å². The van der Waals surface area contributed by atoms with Gasteiger partial charge in [0.25, 0.3) is 0 Å². The summed E-state index contributed by atoms with van der Waals surface area (Å²) >= 11 is 0. The fourth-order valence-electron chi connectivity index (χ4n) is 3.42. The maximum Gasteiger partial charge on any atom is 0.223 e. The standard InChI is InChI=1S/C22H26N2O2/c1-17-7-6-10-20(18(17)2)23-13-15-24(16-14-23)22(26)12-11-21(25)19-8-4-3-5-9-19/h3-10H,11-16H2,1-2H3. The molecule has 0 radical (unpaired) electrons. The molecule has 1 amide bonds. The molecule has 1 heterocycles. The van der Waals surface area contributed by atoms with Crippen LogP contribution in [0.2, 0.25) is 0 Å². The van der Waals surface area contributed by atoms with Crippen molar-refractivity contribution in [2.24, 2.45) is 0 Å². The second-order valence-corrected chi connectivity index (χ2v) is 6.88. The molecule has 0 unspecified atom stereocenters. The minimum absolute atomic E-state index is 0.0352. The van der Waals surface area contributed by atoms with Gasteiger partial charge in [-0.2, -0.15) is 0 Å². The summed E-state index contributed by atoms with van der Waals surface area (Å²) in [6, 6.07) is 15.6. The number of piperazine rings is 1. The summed E-state index contributed by atoms with van der Waals surface area (Å²) in [5.74, 6) is 0.114. The summed E-state index contributed by atoms with van der Waals surface area (Å²) in [4.78, 5) is 28.8. The molecule has 0 N–H and O–H groups in total. The van der Waals surface area contributed by atoms with E-state index in [1.807, 2.05) is 23.1 Å². The molecule has 2 aromatic carbocycles. The van der Waals surface area contributed by atoms with Crippen molar-refractivity contribution >= 4 is 17.4 Å². The third kappa shape index (κ3) is 4.13. The van der Waals surface area contributed by atoms with E-state index in [2.05, 4.69) is 36.9 Å². The maximum atomic E-state index is 12.5. The van der Waals surface area contributed by atoms with E-state index in [1.54, 1.807) is 12.1 Å². The van der Waals surface area contributed by atoms with Crippen LogP contribution >= 0.6 is 0 Å². The lowest BCUT2D eigenvalue weighted by Crippen LogP contribution is -2.49. The van der Waals surface area contributed by atoms with Crippen molar-refractivity contribution in [3.05, 3.63) is 65.2 Å². The number of hydrogen-bond acceptors (Lipinski definition) is 3. The molecule has 0 saturated carbocycles. The monoisotopic (exact) mass is 350 g/mol. The van der Waals surface area contributed by atoms with E-state index < -0.39 is 0 Å². The third-order valence-electron chi connectivity index (χ3n) is 5.21. The number of aryl methyl sites for hydroxylation is 1. The molecule has 1 aliphatic heterocycles. The zero-order chi connectivity index (χ0) is 18.5. The summed E-state index contributed by atoms with van der Waals surface area (Å²) in [5.41, 5.74) is 4.54. The number of ketones is 1. The molecule has 0 spiro atoms. The molecule has 136 valence electrons. The highest BCUT2D eigenvalue weighted by molar-refractivity contribution is 5.97. The van der Waals surface area contributed by atoms with Crippen LogP contribution in [0.15, 0.2) is 48.5 Å². The van der Waals surface area contributed by atoms with Gasteiger partial charge >= 0.3 is 0 Å². The lowest BCUT2D eigenvalue weighted by molar-refractivity contribution is -0.131. The SMILES string of the molecule is Cc1cccc(N2CCN(C(=O)CCC(=O)c3ccccc3)CC2)c1C.